The Morgan fingerprint density at radius 3 is 3.00 bits per heavy atom. The average Bonchev–Trinajstić information content (AvgIpc) is 3.03. The fraction of sp³-hybridized carbons (Fsp3) is 0.444. The van der Waals surface area contributed by atoms with E-state index in [4.69, 9.17) is 4.74 Å². The molecular formula is C18H23N3O2S. The van der Waals surface area contributed by atoms with Crippen LogP contribution >= 0.6 is 11.3 Å². The van der Waals surface area contributed by atoms with Gasteiger partial charge in [0.15, 0.2) is 0 Å². The first-order chi connectivity index (χ1) is 11.5. The zero-order valence-corrected chi connectivity index (χ0v) is 15.1. The average molecular weight is 345 g/mol. The molecule has 0 radical (unpaired) electrons. The Morgan fingerprint density at radius 2 is 2.25 bits per heavy atom. The lowest BCUT2D eigenvalue weighted by molar-refractivity contribution is 0.187. The minimum absolute atomic E-state index is 0.00323. The van der Waals surface area contributed by atoms with Gasteiger partial charge in [0.1, 0.15) is 12.4 Å². The van der Waals surface area contributed by atoms with Gasteiger partial charge in [0, 0.05) is 18.3 Å². The lowest BCUT2D eigenvalue weighted by Crippen LogP contribution is -2.47. The van der Waals surface area contributed by atoms with Crippen LogP contribution < -0.4 is 10.1 Å². The Hall–Kier alpha value is -2.08. The van der Waals surface area contributed by atoms with Gasteiger partial charge in [-0.25, -0.2) is 9.78 Å². The molecule has 0 fully saturated rings. The van der Waals surface area contributed by atoms with Gasteiger partial charge in [-0.2, -0.15) is 0 Å². The fourth-order valence-electron chi connectivity index (χ4n) is 2.68. The molecule has 0 unspecified atom stereocenters. The number of carbonyl (C=O) groups excluding carboxylic acids is 1. The van der Waals surface area contributed by atoms with E-state index in [9.17, 15) is 4.79 Å². The van der Waals surface area contributed by atoms with Crippen molar-refractivity contribution in [2.24, 2.45) is 0 Å². The van der Waals surface area contributed by atoms with Gasteiger partial charge in [-0.1, -0.05) is 32.0 Å². The number of urea groups is 1. The molecule has 1 N–H and O–H groups in total. The molecule has 1 aromatic carbocycles. The standard InChI is InChI=1S/C18H23N3O2S/c1-12(2)17-19-15(11-24-17)9-21(3)18(22)20-14-8-13-6-4-5-7-16(13)23-10-14/h4-7,11-12,14H,8-10H2,1-3H3,(H,20,22)/t14-/m1/s1. The molecule has 0 aliphatic carbocycles. The zero-order chi connectivity index (χ0) is 17.1. The lowest BCUT2D eigenvalue weighted by atomic mass is 10.0. The Labute approximate surface area is 146 Å². The van der Waals surface area contributed by atoms with Crippen LogP contribution in [0.1, 0.15) is 36.0 Å². The number of rotatable bonds is 4. The summed E-state index contributed by atoms with van der Waals surface area (Å²) in [6, 6.07) is 7.87. The first-order valence-electron chi connectivity index (χ1n) is 8.19. The first-order valence-corrected chi connectivity index (χ1v) is 9.07. The minimum Gasteiger partial charge on any atom is -0.491 e. The molecule has 0 spiro atoms. The predicted molar refractivity (Wildman–Crippen MR) is 95.6 cm³/mol. The van der Waals surface area contributed by atoms with Gasteiger partial charge in [0.05, 0.1) is 23.3 Å². The normalized spacial score (nSPS) is 16.4. The highest BCUT2D eigenvalue weighted by Gasteiger charge is 2.22. The predicted octanol–water partition coefficient (Wildman–Crippen LogP) is 3.41. The second-order valence-electron chi connectivity index (χ2n) is 6.46. The maximum atomic E-state index is 12.4. The van der Waals surface area contributed by atoms with Crippen molar-refractivity contribution in [3.63, 3.8) is 0 Å². The number of ether oxygens (including phenoxy) is 1. The topological polar surface area (TPSA) is 54.5 Å². The van der Waals surface area contributed by atoms with Gasteiger partial charge in [-0.15, -0.1) is 11.3 Å². The number of thiazole rings is 1. The molecule has 2 amide bonds. The summed E-state index contributed by atoms with van der Waals surface area (Å²) in [5.74, 6) is 1.34. The zero-order valence-electron chi connectivity index (χ0n) is 14.3. The maximum Gasteiger partial charge on any atom is 0.317 e. The highest BCUT2D eigenvalue weighted by molar-refractivity contribution is 7.09. The second-order valence-corrected chi connectivity index (χ2v) is 7.35. The Kier molecular flexibility index (Phi) is 5.04. The molecule has 2 heterocycles. The molecule has 2 aromatic rings. The maximum absolute atomic E-state index is 12.4. The van der Waals surface area contributed by atoms with Crippen LogP contribution in [0.25, 0.3) is 0 Å². The van der Waals surface area contributed by atoms with Gasteiger partial charge in [0.2, 0.25) is 0 Å². The third-order valence-corrected chi connectivity index (χ3v) is 5.21. The summed E-state index contributed by atoms with van der Waals surface area (Å²) in [5, 5.41) is 6.18. The molecule has 1 aliphatic heterocycles. The summed E-state index contributed by atoms with van der Waals surface area (Å²) in [4.78, 5) is 18.7. The van der Waals surface area contributed by atoms with Crippen molar-refractivity contribution in [2.45, 2.75) is 38.8 Å². The summed E-state index contributed by atoms with van der Waals surface area (Å²) in [5.41, 5.74) is 2.07. The van der Waals surface area contributed by atoms with Gasteiger partial charge in [0.25, 0.3) is 0 Å². The monoisotopic (exact) mass is 345 g/mol. The van der Waals surface area contributed by atoms with E-state index in [-0.39, 0.29) is 12.1 Å². The number of nitrogens with zero attached hydrogens (tertiary/aromatic N) is 2. The number of aromatic nitrogens is 1. The van der Waals surface area contributed by atoms with E-state index < -0.39 is 0 Å². The van der Waals surface area contributed by atoms with E-state index in [2.05, 4.69) is 24.1 Å². The number of hydrogen-bond donors (Lipinski definition) is 1. The van der Waals surface area contributed by atoms with Crippen LogP contribution in [0.4, 0.5) is 4.79 Å². The van der Waals surface area contributed by atoms with E-state index in [1.807, 2.05) is 29.6 Å². The van der Waals surface area contributed by atoms with Crippen molar-refractivity contribution in [2.75, 3.05) is 13.7 Å². The molecule has 0 saturated heterocycles. The molecule has 1 aromatic heterocycles. The van der Waals surface area contributed by atoms with E-state index in [1.165, 1.54) is 0 Å². The smallest absolute Gasteiger partial charge is 0.317 e. The fourth-order valence-corrected chi connectivity index (χ4v) is 3.51. The molecular weight excluding hydrogens is 322 g/mol. The van der Waals surface area contributed by atoms with Crippen molar-refractivity contribution in [1.29, 1.82) is 0 Å². The van der Waals surface area contributed by atoms with Gasteiger partial charge < -0.3 is 15.0 Å². The van der Waals surface area contributed by atoms with Crippen LogP contribution in [0.15, 0.2) is 29.6 Å². The van der Waals surface area contributed by atoms with Crippen LogP contribution in [-0.2, 0) is 13.0 Å². The van der Waals surface area contributed by atoms with E-state index in [0.717, 1.165) is 28.4 Å². The number of nitrogens with one attached hydrogen (secondary N) is 1. The molecule has 3 rings (SSSR count). The molecule has 128 valence electrons. The van der Waals surface area contributed by atoms with E-state index in [1.54, 1.807) is 23.3 Å². The highest BCUT2D eigenvalue weighted by Crippen LogP contribution is 2.24. The largest absolute Gasteiger partial charge is 0.491 e. The summed E-state index contributed by atoms with van der Waals surface area (Å²) in [7, 11) is 1.79. The number of fused-ring (bicyclic) bond motifs is 1. The Morgan fingerprint density at radius 1 is 1.46 bits per heavy atom. The van der Waals surface area contributed by atoms with Crippen molar-refractivity contribution in [1.82, 2.24) is 15.2 Å². The lowest BCUT2D eigenvalue weighted by Gasteiger charge is -2.28. The van der Waals surface area contributed by atoms with E-state index >= 15 is 0 Å². The third-order valence-electron chi connectivity index (χ3n) is 4.02. The Bertz CT molecular complexity index is 714. The molecule has 6 heteroatoms. The van der Waals surface area contributed by atoms with Crippen molar-refractivity contribution < 1.29 is 9.53 Å². The van der Waals surface area contributed by atoms with Crippen LogP contribution in [-0.4, -0.2) is 35.6 Å². The van der Waals surface area contributed by atoms with Crippen molar-refractivity contribution >= 4 is 17.4 Å². The first kappa shape index (κ1) is 16.8. The molecule has 1 aliphatic rings. The summed E-state index contributed by atoms with van der Waals surface area (Å²) in [6.07, 6.45) is 0.796. The van der Waals surface area contributed by atoms with Crippen molar-refractivity contribution in [3.8, 4) is 5.75 Å². The molecule has 24 heavy (non-hydrogen) atoms. The SMILES string of the molecule is CC(C)c1nc(CN(C)C(=O)N[C@H]2COc3ccccc3C2)cs1. The van der Waals surface area contributed by atoms with Gasteiger partial charge in [-0.3, -0.25) is 0 Å². The van der Waals surface area contributed by atoms with Crippen LogP contribution in [0.3, 0.4) is 0 Å². The summed E-state index contributed by atoms with van der Waals surface area (Å²) >= 11 is 1.65. The van der Waals surface area contributed by atoms with Crippen LogP contribution in [0, 0.1) is 0 Å². The second kappa shape index (κ2) is 7.21. The number of para-hydroxylation sites is 1. The highest BCUT2D eigenvalue weighted by atomic mass is 32.1. The van der Waals surface area contributed by atoms with Crippen LogP contribution in [0.2, 0.25) is 0 Å². The van der Waals surface area contributed by atoms with Gasteiger partial charge in [-0.05, 0) is 18.1 Å². The van der Waals surface area contributed by atoms with Crippen LogP contribution in [0.5, 0.6) is 5.75 Å². The minimum atomic E-state index is -0.0953. The summed E-state index contributed by atoms with van der Waals surface area (Å²) < 4.78 is 5.72. The van der Waals surface area contributed by atoms with E-state index in [0.29, 0.717) is 19.1 Å². The third kappa shape index (κ3) is 3.87. The quantitative estimate of drug-likeness (QED) is 0.924. The molecule has 5 nitrogen and oxygen atoms in total. The number of carbonyl (C=O) groups is 1. The number of hydrogen-bond acceptors (Lipinski definition) is 4. The number of amides is 2. The molecule has 1 atom stereocenters. The Balaban J connectivity index is 1.55. The summed E-state index contributed by atoms with van der Waals surface area (Å²) in [6.45, 7) is 5.27. The molecule has 0 bridgehead atoms. The number of benzene rings is 1. The van der Waals surface area contributed by atoms with Crippen molar-refractivity contribution in [3.05, 3.63) is 45.9 Å². The van der Waals surface area contributed by atoms with Gasteiger partial charge >= 0.3 is 6.03 Å². The molecule has 0 saturated carbocycles.